The third kappa shape index (κ3) is 6.09. The smallest absolute Gasteiger partial charge is 0.475 e. The van der Waals surface area contributed by atoms with E-state index in [1.54, 1.807) is 0 Å². The number of aromatic nitrogens is 3. The molecule has 3 aromatic rings. The summed E-state index contributed by atoms with van der Waals surface area (Å²) >= 11 is 0. The van der Waals surface area contributed by atoms with Gasteiger partial charge in [-0.2, -0.15) is 13.2 Å². The van der Waals surface area contributed by atoms with Crippen LogP contribution < -0.4 is 5.32 Å². The molecule has 0 spiro atoms. The number of hydrogen-bond acceptors (Lipinski definition) is 4. The fraction of sp³-hybridized carbons (Fsp3) is 0.417. The van der Waals surface area contributed by atoms with Crippen molar-refractivity contribution < 1.29 is 32.7 Å². The Morgan fingerprint density at radius 3 is 2.34 bits per heavy atom. The van der Waals surface area contributed by atoms with Crippen molar-refractivity contribution >= 4 is 28.7 Å². The molecule has 2 atom stereocenters. The molecule has 188 valence electrons. The summed E-state index contributed by atoms with van der Waals surface area (Å²) in [6.45, 7) is 5.19. The minimum absolute atomic E-state index is 0.0204. The summed E-state index contributed by atoms with van der Waals surface area (Å²) in [7, 11) is 0. The van der Waals surface area contributed by atoms with Crippen LogP contribution in [0, 0.1) is 13.8 Å². The van der Waals surface area contributed by atoms with Gasteiger partial charge in [-0.15, -0.1) is 0 Å². The molecule has 8 nitrogen and oxygen atoms in total. The molecule has 2 heterocycles. The normalized spacial score (nSPS) is 18.0. The molecule has 0 radical (unpaired) electrons. The van der Waals surface area contributed by atoms with Crippen LogP contribution in [0.15, 0.2) is 24.3 Å². The highest BCUT2D eigenvalue weighted by atomic mass is 19.4. The first-order valence-electron chi connectivity index (χ1n) is 11.1. The van der Waals surface area contributed by atoms with Crippen molar-refractivity contribution in [3.8, 4) is 0 Å². The van der Waals surface area contributed by atoms with E-state index in [1.807, 2.05) is 38.1 Å². The molecule has 1 aromatic carbocycles. The van der Waals surface area contributed by atoms with Gasteiger partial charge >= 0.3 is 12.1 Å². The Bertz CT molecular complexity index is 1210. The lowest BCUT2D eigenvalue weighted by molar-refractivity contribution is -0.192. The molecule has 4 rings (SSSR count). The number of imidazole rings is 1. The van der Waals surface area contributed by atoms with Crippen molar-refractivity contribution in [3.63, 3.8) is 0 Å². The van der Waals surface area contributed by atoms with Crippen LogP contribution in [0.4, 0.5) is 13.2 Å². The lowest BCUT2D eigenvalue weighted by Crippen LogP contribution is -2.38. The molecule has 0 aliphatic heterocycles. The fourth-order valence-electron chi connectivity index (χ4n) is 4.50. The minimum Gasteiger partial charge on any atom is -0.475 e. The van der Waals surface area contributed by atoms with E-state index in [9.17, 15) is 22.8 Å². The Morgan fingerprint density at radius 1 is 1.11 bits per heavy atom. The summed E-state index contributed by atoms with van der Waals surface area (Å²) < 4.78 is 31.7. The van der Waals surface area contributed by atoms with Crippen LogP contribution in [0.1, 0.15) is 76.5 Å². The van der Waals surface area contributed by atoms with Crippen molar-refractivity contribution in [2.24, 2.45) is 0 Å². The van der Waals surface area contributed by atoms with Gasteiger partial charge in [0, 0.05) is 23.2 Å². The number of amides is 1. The number of halogens is 3. The van der Waals surface area contributed by atoms with Crippen LogP contribution in [-0.2, 0) is 4.79 Å². The van der Waals surface area contributed by atoms with E-state index in [0.29, 0.717) is 17.2 Å². The van der Waals surface area contributed by atoms with Gasteiger partial charge in [-0.25, -0.2) is 9.78 Å². The number of para-hydroxylation sites is 2. The Labute approximate surface area is 199 Å². The van der Waals surface area contributed by atoms with Crippen LogP contribution in [0.5, 0.6) is 0 Å². The van der Waals surface area contributed by atoms with Crippen molar-refractivity contribution in [3.05, 3.63) is 52.6 Å². The predicted octanol–water partition coefficient (Wildman–Crippen LogP) is 4.80. The van der Waals surface area contributed by atoms with Crippen LogP contribution >= 0.6 is 0 Å². The number of carbonyl (C=O) groups excluding carboxylic acids is 2. The average Bonchev–Trinajstić information content (AvgIpc) is 3.34. The summed E-state index contributed by atoms with van der Waals surface area (Å²) in [6.07, 6.45) is -1.14. The largest absolute Gasteiger partial charge is 0.490 e. The van der Waals surface area contributed by atoms with Crippen molar-refractivity contribution in [1.29, 1.82) is 0 Å². The van der Waals surface area contributed by atoms with Crippen LogP contribution in [0.3, 0.4) is 0 Å². The number of aliphatic carboxylic acids is 1. The first kappa shape index (κ1) is 26.0. The molecule has 1 amide bonds. The monoisotopic (exact) mass is 492 g/mol. The minimum atomic E-state index is -5.08. The summed E-state index contributed by atoms with van der Waals surface area (Å²) in [5.74, 6) is -1.60. The van der Waals surface area contributed by atoms with E-state index in [2.05, 4.69) is 15.3 Å². The maximum atomic E-state index is 12.8. The molecule has 2 unspecified atom stereocenters. The van der Waals surface area contributed by atoms with E-state index >= 15 is 0 Å². The van der Waals surface area contributed by atoms with Gasteiger partial charge in [0.15, 0.2) is 5.78 Å². The van der Waals surface area contributed by atoms with E-state index in [-0.39, 0.29) is 17.7 Å². The topological polar surface area (TPSA) is 128 Å². The maximum Gasteiger partial charge on any atom is 0.490 e. The lowest BCUT2D eigenvalue weighted by atomic mass is 9.85. The van der Waals surface area contributed by atoms with Gasteiger partial charge in [-0.1, -0.05) is 18.6 Å². The van der Waals surface area contributed by atoms with Crippen molar-refractivity contribution in [2.75, 3.05) is 0 Å². The maximum absolute atomic E-state index is 12.8. The molecule has 1 aliphatic carbocycles. The van der Waals surface area contributed by atoms with Gasteiger partial charge in [0.2, 0.25) is 0 Å². The molecule has 4 N–H and O–H groups in total. The van der Waals surface area contributed by atoms with E-state index in [0.717, 1.165) is 53.8 Å². The molecule has 1 fully saturated rings. The number of alkyl halides is 3. The standard InChI is InChI=1S/C22H26N4O2.C2HF3O2/c1-12-19(14(3)27)13(2)23-20(12)22(28)24-16-8-6-7-15(11-16)21-25-17-9-4-5-10-18(17)26-21;3-2(4,5)1(6)7/h4-5,9-10,15-16,23H,6-8,11H2,1-3H3,(H,24,28)(H,25,26);(H,6,7). The van der Waals surface area contributed by atoms with E-state index in [4.69, 9.17) is 14.9 Å². The second-order valence-electron chi connectivity index (χ2n) is 8.66. The highest BCUT2D eigenvalue weighted by Crippen LogP contribution is 2.32. The number of carboxylic acid groups (broad SMARTS) is 1. The van der Waals surface area contributed by atoms with Crippen LogP contribution in [0.25, 0.3) is 11.0 Å². The number of nitrogens with one attached hydrogen (secondary N) is 3. The van der Waals surface area contributed by atoms with E-state index < -0.39 is 12.1 Å². The third-order valence-corrected chi connectivity index (χ3v) is 6.06. The number of carbonyl (C=O) groups is 3. The molecule has 35 heavy (non-hydrogen) atoms. The number of fused-ring (bicyclic) bond motifs is 1. The molecule has 0 saturated heterocycles. The van der Waals surface area contributed by atoms with Gasteiger partial charge < -0.3 is 20.4 Å². The van der Waals surface area contributed by atoms with Gasteiger partial charge in [0.25, 0.3) is 5.91 Å². The molecule has 11 heteroatoms. The number of aromatic amines is 2. The predicted molar refractivity (Wildman–Crippen MR) is 123 cm³/mol. The third-order valence-electron chi connectivity index (χ3n) is 6.06. The molecule has 0 bridgehead atoms. The fourth-order valence-corrected chi connectivity index (χ4v) is 4.50. The first-order valence-corrected chi connectivity index (χ1v) is 11.1. The zero-order valence-electron chi connectivity index (χ0n) is 19.5. The average molecular weight is 492 g/mol. The van der Waals surface area contributed by atoms with Gasteiger partial charge in [-0.3, -0.25) is 9.59 Å². The van der Waals surface area contributed by atoms with E-state index in [1.165, 1.54) is 6.92 Å². The molecule has 1 aliphatic rings. The quantitative estimate of drug-likeness (QED) is 0.389. The van der Waals surface area contributed by atoms with Gasteiger partial charge in [0.1, 0.15) is 11.5 Å². The number of ketones is 1. The van der Waals surface area contributed by atoms with Gasteiger partial charge in [0.05, 0.1) is 11.0 Å². The Kier molecular flexibility index (Phi) is 7.67. The zero-order chi connectivity index (χ0) is 25.9. The second kappa shape index (κ2) is 10.3. The highest BCUT2D eigenvalue weighted by molar-refractivity contribution is 6.02. The number of carboxylic acids is 1. The van der Waals surface area contributed by atoms with Crippen molar-refractivity contribution in [1.82, 2.24) is 20.3 Å². The summed E-state index contributed by atoms with van der Waals surface area (Å²) in [5.41, 5.74) is 4.63. The Morgan fingerprint density at radius 2 is 1.77 bits per heavy atom. The highest BCUT2D eigenvalue weighted by Gasteiger charge is 2.38. The summed E-state index contributed by atoms with van der Waals surface area (Å²) in [4.78, 5) is 44.8. The number of H-pyrrole nitrogens is 2. The number of nitrogens with zero attached hydrogens (tertiary/aromatic N) is 1. The molecular formula is C24H27F3N4O4. The van der Waals surface area contributed by atoms with Crippen LogP contribution in [-0.4, -0.2) is 49.9 Å². The molecule has 2 aromatic heterocycles. The SMILES string of the molecule is CC(=O)c1c(C)[nH]c(C(=O)NC2CCCC(c3nc4ccccc4[nH]3)C2)c1C.O=C(O)C(F)(F)F. The lowest BCUT2D eigenvalue weighted by Gasteiger charge is -2.28. The number of hydrogen-bond donors (Lipinski definition) is 4. The summed E-state index contributed by atoms with van der Waals surface area (Å²) in [6, 6.07) is 8.15. The summed E-state index contributed by atoms with van der Waals surface area (Å²) in [5, 5.41) is 10.3. The first-order chi connectivity index (χ1) is 16.4. The number of aryl methyl sites for hydroxylation is 1. The Balaban J connectivity index is 0.000000429. The zero-order valence-corrected chi connectivity index (χ0v) is 19.5. The molecular weight excluding hydrogens is 465 g/mol. The Hall–Kier alpha value is -3.63. The van der Waals surface area contributed by atoms with Gasteiger partial charge in [-0.05, 0) is 57.7 Å². The van der Waals surface area contributed by atoms with Crippen molar-refractivity contribution in [2.45, 2.75) is 64.6 Å². The molecule has 1 saturated carbocycles. The number of benzene rings is 1. The number of Topliss-reactive ketones (excluding diaryl/α,β-unsaturated/α-hetero) is 1. The second-order valence-corrected chi connectivity index (χ2v) is 8.66. The van der Waals surface area contributed by atoms with Crippen LogP contribution in [0.2, 0.25) is 0 Å². The number of rotatable bonds is 4.